The summed E-state index contributed by atoms with van der Waals surface area (Å²) in [6, 6.07) is 2.10. The van der Waals surface area contributed by atoms with Gasteiger partial charge in [-0.15, -0.1) is 10.2 Å². The molecule has 1 N–H and O–H groups in total. The molecule has 0 radical (unpaired) electrons. The van der Waals surface area contributed by atoms with Gasteiger partial charge in [0.1, 0.15) is 36.6 Å². The van der Waals surface area contributed by atoms with Gasteiger partial charge >= 0.3 is 0 Å². The summed E-state index contributed by atoms with van der Waals surface area (Å²) in [6.07, 6.45) is 0.283. The van der Waals surface area contributed by atoms with Crippen molar-refractivity contribution in [1.82, 2.24) is 34.5 Å². The number of nitrogens with zero attached hydrogens (tertiary/aromatic N) is 7. The number of aromatic nitrogens is 6. The summed E-state index contributed by atoms with van der Waals surface area (Å²) >= 11 is 0. The number of benzene rings is 1. The molecule has 6 rings (SSSR count). The molecule has 0 bridgehead atoms. The van der Waals surface area contributed by atoms with Crippen LogP contribution in [0.15, 0.2) is 24.4 Å². The molecule has 0 saturated carbocycles. The van der Waals surface area contributed by atoms with Crippen molar-refractivity contribution in [3.63, 3.8) is 0 Å². The molecule has 202 valence electrons. The highest BCUT2D eigenvalue weighted by molar-refractivity contribution is 5.89. The van der Waals surface area contributed by atoms with Gasteiger partial charge in [0.05, 0.1) is 51.0 Å². The van der Waals surface area contributed by atoms with Gasteiger partial charge in [-0.25, -0.2) is 26.8 Å². The van der Waals surface area contributed by atoms with E-state index in [9.17, 15) is 8.78 Å². The molecular weight excluding hydrogens is 508 g/mol. The second kappa shape index (κ2) is 9.98. The first-order chi connectivity index (χ1) is 18.8. The molecule has 0 unspecified atom stereocenters. The Morgan fingerprint density at radius 3 is 2.79 bits per heavy atom. The quantitative estimate of drug-likeness (QED) is 0.344. The molecular formula is C24H26F4N8O2. The van der Waals surface area contributed by atoms with Crippen molar-refractivity contribution in [2.75, 3.05) is 52.1 Å². The molecule has 2 fully saturated rings. The van der Waals surface area contributed by atoms with Gasteiger partial charge in [0.15, 0.2) is 5.82 Å². The lowest BCUT2D eigenvalue weighted by Gasteiger charge is -2.42. The second-order valence-corrected chi connectivity index (χ2v) is 9.35. The number of piperidine rings is 1. The van der Waals surface area contributed by atoms with E-state index in [4.69, 9.17) is 10.8 Å². The van der Waals surface area contributed by atoms with E-state index in [0.29, 0.717) is 29.6 Å². The summed E-state index contributed by atoms with van der Waals surface area (Å²) in [5.41, 5.74) is 1.46. The van der Waals surface area contributed by atoms with E-state index in [2.05, 4.69) is 25.7 Å². The van der Waals surface area contributed by atoms with Crippen LogP contribution in [0.4, 0.5) is 23.5 Å². The van der Waals surface area contributed by atoms with Crippen molar-refractivity contribution in [3.8, 4) is 17.0 Å². The number of anilines is 1. The molecule has 2 aliphatic heterocycles. The Kier molecular flexibility index (Phi) is 6.20. The predicted molar refractivity (Wildman–Crippen MR) is 130 cm³/mol. The highest BCUT2D eigenvalue weighted by Crippen LogP contribution is 2.36. The summed E-state index contributed by atoms with van der Waals surface area (Å²) in [7, 11) is 1.38. The molecule has 1 aromatic carbocycles. The molecule has 2 aliphatic rings. The lowest BCUT2D eigenvalue weighted by atomic mass is 10.0. The van der Waals surface area contributed by atoms with Gasteiger partial charge in [0.2, 0.25) is 11.8 Å². The van der Waals surface area contributed by atoms with Crippen LogP contribution in [0.2, 0.25) is 0 Å². The molecule has 0 aliphatic carbocycles. The standard InChI is InChI=1S/C24H26F4N8O2/c1-37-23-22-21(13-2-3-19-20(6-13)36(33-31-19)14(7-25)8-26)17(28)10-35(22)32-24(30-23)29-18-4-5-34(9-16(18)27)15-11-38-12-15/h2-3,6,10,14-16,18H,4-5,7-9,11-12H2,1H3,(H,29,32)/t16-,18-/m0/s1/i15D. The van der Waals surface area contributed by atoms with Crippen molar-refractivity contribution >= 4 is 22.5 Å². The number of likely N-dealkylation sites (tertiary alicyclic amines) is 1. The average molecular weight is 536 g/mol. The zero-order valence-electron chi connectivity index (χ0n) is 21.5. The summed E-state index contributed by atoms with van der Waals surface area (Å²) in [4.78, 5) is 6.15. The molecule has 0 spiro atoms. The number of hydrogen-bond acceptors (Lipinski definition) is 8. The average Bonchev–Trinajstić information content (AvgIpc) is 3.48. The number of nitrogens with one attached hydrogen (secondary N) is 1. The van der Waals surface area contributed by atoms with Crippen molar-refractivity contribution in [1.29, 1.82) is 0 Å². The predicted octanol–water partition coefficient (Wildman–Crippen LogP) is 2.99. The van der Waals surface area contributed by atoms with Crippen LogP contribution < -0.4 is 10.1 Å². The highest BCUT2D eigenvalue weighted by Gasteiger charge is 2.36. The third-order valence-corrected chi connectivity index (χ3v) is 7.05. The fourth-order valence-corrected chi connectivity index (χ4v) is 4.93. The Morgan fingerprint density at radius 1 is 1.29 bits per heavy atom. The van der Waals surface area contributed by atoms with Crippen LogP contribution >= 0.6 is 0 Å². The molecule has 14 heteroatoms. The number of alkyl halides is 3. The first kappa shape index (κ1) is 23.6. The first-order valence-electron chi connectivity index (χ1n) is 12.7. The molecule has 2 saturated heterocycles. The first-order valence-corrected chi connectivity index (χ1v) is 12.2. The summed E-state index contributed by atoms with van der Waals surface area (Å²) in [5, 5.41) is 15.1. The van der Waals surface area contributed by atoms with E-state index < -0.39 is 43.4 Å². The Balaban J connectivity index is 1.32. The van der Waals surface area contributed by atoms with Gasteiger partial charge in [0.25, 0.3) is 0 Å². The lowest BCUT2D eigenvalue weighted by Crippen LogP contribution is -2.57. The van der Waals surface area contributed by atoms with Crippen molar-refractivity contribution in [2.24, 2.45) is 0 Å². The van der Waals surface area contributed by atoms with Crippen LogP contribution in [0.5, 0.6) is 5.88 Å². The zero-order chi connectivity index (χ0) is 27.3. The summed E-state index contributed by atoms with van der Waals surface area (Å²) < 4.78 is 78.5. The van der Waals surface area contributed by atoms with Crippen LogP contribution in [-0.2, 0) is 4.74 Å². The molecule has 38 heavy (non-hydrogen) atoms. The molecule has 3 aromatic heterocycles. The van der Waals surface area contributed by atoms with E-state index >= 15 is 8.78 Å². The summed E-state index contributed by atoms with van der Waals surface area (Å²) in [5.74, 6) is -0.528. The normalized spacial score (nSPS) is 22.1. The molecule has 10 nitrogen and oxygen atoms in total. The van der Waals surface area contributed by atoms with Crippen molar-refractivity contribution in [3.05, 3.63) is 30.2 Å². The lowest BCUT2D eigenvalue weighted by molar-refractivity contribution is -0.0794. The fraction of sp³-hybridized carbons (Fsp3) is 0.500. The van der Waals surface area contributed by atoms with Crippen LogP contribution in [-0.4, -0.2) is 99.5 Å². The SMILES string of the molecule is [2H]C1(N2CC[C@H](Nc3nc(OC)c4c(-c5ccc6nnn(C(CF)CF)c6c5)c(F)cn4n3)[C@@H](F)C2)COC1. The van der Waals surface area contributed by atoms with Gasteiger partial charge in [0, 0.05) is 13.1 Å². The van der Waals surface area contributed by atoms with Gasteiger partial charge in [-0.1, -0.05) is 11.3 Å². The Hall–Kier alpha value is -3.52. The number of fused-ring (bicyclic) bond motifs is 2. The maximum atomic E-state index is 15.4. The minimum atomic E-state index is -1.29. The Morgan fingerprint density at radius 2 is 2.11 bits per heavy atom. The molecule has 0 amide bonds. The Labute approximate surface area is 215 Å². The number of methoxy groups -OCH3 is 1. The fourth-order valence-electron chi connectivity index (χ4n) is 4.93. The smallest absolute Gasteiger partial charge is 0.244 e. The third-order valence-electron chi connectivity index (χ3n) is 7.05. The molecule has 2 atom stereocenters. The number of rotatable bonds is 8. The monoisotopic (exact) mass is 535 g/mol. The topological polar surface area (TPSA) is 94.6 Å². The van der Waals surface area contributed by atoms with Gasteiger partial charge in [-0.3, -0.25) is 4.90 Å². The maximum Gasteiger partial charge on any atom is 0.244 e. The molecule has 4 aromatic rings. The van der Waals surface area contributed by atoms with Crippen LogP contribution in [0.3, 0.4) is 0 Å². The van der Waals surface area contributed by atoms with Crippen LogP contribution in [0.1, 0.15) is 13.8 Å². The van der Waals surface area contributed by atoms with Gasteiger partial charge < -0.3 is 14.8 Å². The van der Waals surface area contributed by atoms with E-state index in [1.54, 1.807) is 23.1 Å². The largest absolute Gasteiger partial charge is 0.479 e. The van der Waals surface area contributed by atoms with Gasteiger partial charge in [-0.05, 0) is 24.1 Å². The summed E-state index contributed by atoms with van der Waals surface area (Å²) in [6.45, 7) is -0.852. The Bertz CT molecular complexity index is 1510. The molecule has 5 heterocycles. The second-order valence-electron chi connectivity index (χ2n) is 9.35. The van der Waals surface area contributed by atoms with E-state index in [1.807, 2.05) is 0 Å². The van der Waals surface area contributed by atoms with Crippen molar-refractivity contribution < 1.29 is 28.4 Å². The van der Waals surface area contributed by atoms with Gasteiger partial charge in [-0.2, -0.15) is 4.98 Å². The number of hydrogen-bond donors (Lipinski definition) is 1. The minimum Gasteiger partial charge on any atom is -0.479 e. The van der Waals surface area contributed by atoms with E-state index in [1.165, 1.54) is 11.6 Å². The highest BCUT2D eigenvalue weighted by atomic mass is 19.1. The number of ether oxygens (including phenoxy) is 2. The van der Waals surface area contributed by atoms with Crippen LogP contribution in [0.25, 0.3) is 27.7 Å². The van der Waals surface area contributed by atoms with Crippen molar-refractivity contribution in [2.45, 2.75) is 30.7 Å². The third kappa shape index (κ3) is 4.21. The van der Waals surface area contributed by atoms with Crippen LogP contribution in [0, 0.1) is 5.82 Å². The maximum absolute atomic E-state index is 15.4. The van der Waals surface area contributed by atoms with E-state index in [0.717, 1.165) is 10.9 Å². The zero-order valence-corrected chi connectivity index (χ0v) is 20.5. The van der Waals surface area contributed by atoms with E-state index in [-0.39, 0.29) is 42.7 Å². The minimum absolute atomic E-state index is 0.0492. The number of halogens is 4.